The Morgan fingerprint density at radius 2 is 1.57 bits per heavy atom. The second kappa shape index (κ2) is 5.25. The van der Waals surface area contributed by atoms with Crippen LogP contribution in [0.15, 0.2) is 60.7 Å². The van der Waals surface area contributed by atoms with Crippen molar-refractivity contribution in [3.63, 3.8) is 0 Å². The van der Waals surface area contributed by atoms with Gasteiger partial charge in [-0.05, 0) is 35.4 Å². The predicted octanol–water partition coefficient (Wildman–Crippen LogP) is 5.46. The first kappa shape index (κ1) is 13.5. The van der Waals surface area contributed by atoms with E-state index in [-0.39, 0.29) is 0 Å². The van der Waals surface area contributed by atoms with E-state index in [0.29, 0.717) is 11.1 Å². The molecule has 1 heterocycles. The first-order chi connectivity index (χ1) is 11.3. The Kier molecular flexibility index (Phi) is 3.08. The maximum absolute atomic E-state index is 9.37. The summed E-state index contributed by atoms with van der Waals surface area (Å²) in [6.45, 7) is 0. The van der Waals surface area contributed by atoms with Crippen molar-refractivity contribution in [3.8, 4) is 23.3 Å². The largest absolute Gasteiger partial charge is 0.192 e. The van der Waals surface area contributed by atoms with Crippen molar-refractivity contribution in [1.29, 1.82) is 10.5 Å². The van der Waals surface area contributed by atoms with E-state index in [0.717, 1.165) is 11.1 Å². The Bertz CT molecular complexity index is 1140. The normalized spacial score (nSPS) is 10.5. The van der Waals surface area contributed by atoms with Gasteiger partial charge in [0, 0.05) is 20.2 Å². The molecule has 0 saturated heterocycles. The van der Waals surface area contributed by atoms with Crippen molar-refractivity contribution < 1.29 is 0 Å². The molecule has 1 aromatic heterocycles. The molecule has 4 rings (SSSR count). The summed E-state index contributed by atoms with van der Waals surface area (Å²) in [6.07, 6.45) is 0. The van der Waals surface area contributed by atoms with E-state index in [4.69, 9.17) is 5.26 Å². The summed E-state index contributed by atoms with van der Waals surface area (Å²) in [6, 6.07) is 24.2. The van der Waals surface area contributed by atoms with Crippen LogP contribution in [0.3, 0.4) is 0 Å². The van der Waals surface area contributed by atoms with Crippen LogP contribution in [0.1, 0.15) is 11.1 Å². The fraction of sp³-hybridized carbons (Fsp3) is 0. The van der Waals surface area contributed by atoms with Gasteiger partial charge in [-0.3, -0.25) is 0 Å². The van der Waals surface area contributed by atoms with Gasteiger partial charge in [0.25, 0.3) is 0 Å². The first-order valence-electron chi connectivity index (χ1n) is 7.16. The minimum absolute atomic E-state index is 0.508. The maximum atomic E-state index is 9.37. The van der Waals surface area contributed by atoms with Crippen LogP contribution in [0.25, 0.3) is 31.3 Å². The second-order valence-corrected chi connectivity index (χ2v) is 6.38. The third kappa shape index (κ3) is 2.16. The predicted molar refractivity (Wildman–Crippen MR) is 94.2 cm³/mol. The molecule has 0 unspecified atom stereocenters. The van der Waals surface area contributed by atoms with Gasteiger partial charge in [0.05, 0.1) is 23.3 Å². The van der Waals surface area contributed by atoms with Gasteiger partial charge in [-0.25, -0.2) is 0 Å². The molecule has 0 bridgehead atoms. The molecule has 0 fully saturated rings. The molecule has 106 valence electrons. The summed E-state index contributed by atoms with van der Waals surface area (Å²) in [4.78, 5) is 0. The molecule has 3 aromatic carbocycles. The summed E-state index contributed by atoms with van der Waals surface area (Å²) < 4.78 is 2.47. The van der Waals surface area contributed by atoms with Crippen LogP contribution in [-0.4, -0.2) is 0 Å². The molecule has 4 aromatic rings. The zero-order chi connectivity index (χ0) is 15.8. The van der Waals surface area contributed by atoms with Gasteiger partial charge >= 0.3 is 0 Å². The Hall–Kier alpha value is -3.14. The molecular weight excluding hydrogens is 300 g/mol. The first-order valence-corrected chi connectivity index (χ1v) is 7.98. The topological polar surface area (TPSA) is 47.6 Å². The van der Waals surface area contributed by atoms with Crippen molar-refractivity contribution in [1.82, 2.24) is 0 Å². The third-order valence-electron chi connectivity index (χ3n) is 3.96. The summed E-state index contributed by atoms with van der Waals surface area (Å²) >= 11 is 1.76. The second-order valence-electron chi connectivity index (χ2n) is 5.29. The van der Waals surface area contributed by atoms with Crippen molar-refractivity contribution in [2.24, 2.45) is 0 Å². The molecule has 0 aliphatic carbocycles. The smallest absolute Gasteiger partial charge is 0.0998 e. The fourth-order valence-corrected chi connectivity index (χ4v) is 4.00. The molecule has 3 heteroatoms. The molecule has 23 heavy (non-hydrogen) atoms. The zero-order valence-electron chi connectivity index (χ0n) is 12.1. The van der Waals surface area contributed by atoms with Crippen molar-refractivity contribution in [2.45, 2.75) is 0 Å². The van der Waals surface area contributed by atoms with E-state index in [1.165, 1.54) is 20.2 Å². The lowest BCUT2D eigenvalue weighted by atomic mass is 9.97. The van der Waals surface area contributed by atoms with Crippen LogP contribution >= 0.6 is 11.3 Å². The van der Waals surface area contributed by atoms with Crippen molar-refractivity contribution >= 4 is 31.5 Å². The van der Waals surface area contributed by atoms with E-state index < -0.39 is 0 Å². The number of thiophene rings is 1. The molecule has 0 radical (unpaired) electrons. The number of nitriles is 2. The van der Waals surface area contributed by atoms with Crippen LogP contribution in [0, 0.1) is 22.7 Å². The van der Waals surface area contributed by atoms with Crippen LogP contribution in [0.5, 0.6) is 0 Å². The summed E-state index contributed by atoms with van der Waals surface area (Å²) in [5.41, 5.74) is 2.91. The minimum atomic E-state index is 0.508. The fourth-order valence-electron chi connectivity index (χ4n) is 2.85. The van der Waals surface area contributed by atoms with Gasteiger partial charge in [-0.1, -0.05) is 36.4 Å². The highest BCUT2D eigenvalue weighted by Crippen LogP contribution is 2.36. The zero-order valence-corrected chi connectivity index (χ0v) is 12.9. The standard InChI is InChI=1S/C20H10N2S/c21-11-13-5-7-16(15(9-13)12-22)14-6-8-18-17-3-1-2-4-19(17)23-20(18)10-14/h1-10H. The average Bonchev–Trinajstić information content (AvgIpc) is 2.98. The van der Waals surface area contributed by atoms with Gasteiger partial charge in [0.1, 0.15) is 0 Å². The SMILES string of the molecule is N#Cc1ccc(-c2ccc3c(c2)sc2ccccc23)c(C#N)c1. The average molecular weight is 310 g/mol. The third-order valence-corrected chi connectivity index (χ3v) is 5.09. The van der Waals surface area contributed by atoms with Gasteiger partial charge in [-0.15, -0.1) is 11.3 Å². The Labute approximate surface area is 137 Å². The highest BCUT2D eigenvalue weighted by atomic mass is 32.1. The van der Waals surface area contributed by atoms with E-state index >= 15 is 0 Å². The molecule has 0 aliphatic heterocycles. The Balaban J connectivity index is 1.95. The number of nitrogens with zero attached hydrogens (tertiary/aromatic N) is 2. The van der Waals surface area contributed by atoms with E-state index in [1.807, 2.05) is 18.2 Å². The molecule has 2 nitrogen and oxygen atoms in total. The van der Waals surface area contributed by atoms with Crippen molar-refractivity contribution in [3.05, 3.63) is 71.8 Å². The molecule has 0 atom stereocenters. The van der Waals surface area contributed by atoms with Crippen LogP contribution in [0.2, 0.25) is 0 Å². The van der Waals surface area contributed by atoms with Crippen LogP contribution < -0.4 is 0 Å². The lowest BCUT2D eigenvalue weighted by molar-refractivity contribution is 1.44. The highest BCUT2D eigenvalue weighted by Gasteiger charge is 2.09. The Morgan fingerprint density at radius 1 is 0.739 bits per heavy atom. The molecule has 0 saturated carbocycles. The lowest BCUT2D eigenvalue weighted by Gasteiger charge is -2.05. The van der Waals surface area contributed by atoms with Crippen molar-refractivity contribution in [2.75, 3.05) is 0 Å². The number of rotatable bonds is 1. The van der Waals surface area contributed by atoms with Gasteiger partial charge in [0.15, 0.2) is 0 Å². The number of hydrogen-bond acceptors (Lipinski definition) is 3. The maximum Gasteiger partial charge on any atom is 0.0998 e. The van der Waals surface area contributed by atoms with Gasteiger partial charge in [0.2, 0.25) is 0 Å². The van der Waals surface area contributed by atoms with Gasteiger partial charge < -0.3 is 0 Å². The number of hydrogen-bond donors (Lipinski definition) is 0. The summed E-state index contributed by atoms with van der Waals surface area (Å²) in [5.74, 6) is 0. The molecule has 0 aliphatic rings. The number of benzene rings is 3. The van der Waals surface area contributed by atoms with Gasteiger partial charge in [-0.2, -0.15) is 10.5 Å². The summed E-state index contributed by atoms with van der Waals surface area (Å²) in [7, 11) is 0. The molecule has 0 amide bonds. The summed E-state index contributed by atoms with van der Waals surface area (Å²) in [5, 5.41) is 20.9. The van der Waals surface area contributed by atoms with E-state index in [9.17, 15) is 5.26 Å². The lowest BCUT2D eigenvalue weighted by Crippen LogP contribution is -1.86. The van der Waals surface area contributed by atoms with E-state index in [1.54, 1.807) is 23.5 Å². The monoisotopic (exact) mass is 310 g/mol. The van der Waals surface area contributed by atoms with Crippen LogP contribution in [0.4, 0.5) is 0 Å². The molecular formula is C20H10N2S. The minimum Gasteiger partial charge on any atom is -0.192 e. The highest BCUT2D eigenvalue weighted by molar-refractivity contribution is 7.25. The van der Waals surface area contributed by atoms with Crippen LogP contribution in [-0.2, 0) is 0 Å². The molecule has 0 spiro atoms. The number of fused-ring (bicyclic) bond motifs is 3. The quantitative estimate of drug-likeness (QED) is 0.468. The Morgan fingerprint density at radius 3 is 2.39 bits per heavy atom. The molecule has 0 N–H and O–H groups in total. The van der Waals surface area contributed by atoms with E-state index in [2.05, 4.69) is 42.5 Å².